The van der Waals surface area contributed by atoms with E-state index in [1.54, 1.807) is 19.1 Å². The molecule has 0 radical (unpaired) electrons. The molecule has 0 atom stereocenters. The second kappa shape index (κ2) is 6.54. The minimum atomic E-state index is 0.00289. The van der Waals surface area contributed by atoms with Crippen LogP contribution in [0.25, 0.3) is 11.1 Å². The van der Waals surface area contributed by atoms with Crippen molar-refractivity contribution in [3.63, 3.8) is 0 Å². The van der Waals surface area contributed by atoms with E-state index in [4.69, 9.17) is 11.6 Å². The largest absolute Gasteiger partial charge is 0.507 e. The van der Waals surface area contributed by atoms with Crippen molar-refractivity contribution in [2.75, 3.05) is 11.4 Å². The van der Waals surface area contributed by atoms with E-state index in [0.717, 1.165) is 26.7 Å². The van der Waals surface area contributed by atoms with Gasteiger partial charge >= 0.3 is 0 Å². The summed E-state index contributed by atoms with van der Waals surface area (Å²) in [5.74, 6) is 0.187. The molecule has 2 aromatic rings. The van der Waals surface area contributed by atoms with Crippen LogP contribution < -0.4 is 4.90 Å². The van der Waals surface area contributed by atoms with Crippen LogP contribution in [-0.2, 0) is 4.79 Å². The van der Waals surface area contributed by atoms with Gasteiger partial charge in [0, 0.05) is 33.7 Å². The van der Waals surface area contributed by atoms with Gasteiger partial charge in [0.05, 0.1) is 10.7 Å². The van der Waals surface area contributed by atoms with Crippen LogP contribution in [0, 0.1) is 6.92 Å². The van der Waals surface area contributed by atoms with Crippen molar-refractivity contribution in [1.82, 2.24) is 0 Å². The minimum Gasteiger partial charge on any atom is -0.507 e. The molecule has 1 N–H and O–H groups in total. The minimum absolute atomic E-state index is 0.00289. The third kappa shape index (κ3) is 2.92. The summed E-state index contributed by atoms with van der Waals surface area (Å²) in [5.41, 5.74) is 3.48. The summed E-state index contributed by atoms with van der Waals surface area (Å²) in [5, 5.41) is 12.0. The molecule has 124 valence electrons. The molecular formula is C19H18ClNO2S. The van der Waals surface area contributed by atoms with Crippen LogP contribution in [0.1, 0.15) is 19.4 Å². The van der Waals surface area contributed by atoms with Crippen LogP contribution in [0.15, 0.2) is 46.3 Å². The van der Waals surface area contributed by atoms with Crippen molar-refractivity contribution in [1.29, 1.82) is 0 Å². The number of allylic oxidation sites excluding steroid dienone is 1. The maximum atomic E-state index is 11.5. The molecule has 0 aliphatic carbocycles. The van der Waals surface area contributed by atoms with Crippen molar-refractivity contribution in [3.8, 4) is 16.9 Å². The second-order valence-corrected chi connectivity index (χ2v) is 7.20. The molecular weight excluding hydrogens is 342 g/mol. The summed E-state index contributed by atoms with van der Waals surface area (Å²) < 4.78 is 0. The molecule has 0 fully saturated rings. The van der Waals surface area contributed by atoms with Gasteiger partial charge in [-0.2, -0.15) is 0 Å². The standard InChI is InChI=1S/C19H18ClNO2S/c1-4-21-17(10-12(3)22)24-16-8-7-15(23)18(19(16)21)13-9-11(2)5-6-14(13)20/h5-10,23H,4H2,1-3H3. The van der Waals surface area contributed by atoms with Gasteiger partial charge in [0.25, 0.3) is 0 Å². The molecule has 0 bridgehead atoms. The van der Waals surface area contributed by atoms with Gasteiger partial charge < -0.3 is 10.0 Å². The predicted molar refractivity (Wildman–Crippen MR) is 101 cm³/mol. The summed E-state index contributed by atoms with van der Waals surface area (Å²) >= 11 is 7.95. The number of nitrogens with zero attached hydrogens (tertiary/aromatic N) is 1. The topological polar surface area (TPSA) is 40.5 Å². The number of rotatable bonds is 3. The lowest BCUT2D eigenvalue weighted by Crippen LogP contribution is -2.18. The van der Waals surface area contributed by atoms with Crippen molar-refractivity contribution in [3.05, 3.63) is 52.0 Å². The number of ketones is 1. The van der Waals surface area contributed by atoms with Crippen molar-refractivity contribution >= 4 is 34.8 Å². The zero-order chi connectivity index (χ0) is 17.4. The molecule has 3 rings (SSSR count). The molecule has 0 saturated carbocycles. The molecule has 1 aliphatic rings. The Hall–Kier alpha value is -1.91. The monoisotopic (exact) mass is 359 g/mol. The van der Waals surface area contributed by atoms with E-state index >= 15 is 0 Å². The Bertz CT molecular complexity index is 861. The molecule has 0 saturated heterocycles. The molecule has 0 unspecified atom stereocenters. The molecule has 2 aromatic carbocycles. The normalized spacial score (nSPS) is 15.0. The van der Waals surface area contributed by atoms with E-state index in [-0.39, 0.29) is 11.5 Å². The van der Waals surface area contributed by atoms with Crippen molar-refractivity contribution in [2.24, 2.45) is 0 Å². The Morgan fingerprint density at radius 3 is 2.75 bits per heavy atom. The van der Waals surface area contributed by atoms with Crippen LogP contribution in [0.5, 0.6) is 5.75 Å². The second-order valence-electron chi connectivity index (χ2n) is 5.73. The van der Waals surface area contributed by atoms with Crippen LogP contribution in [0.3, 0.4) is 0 Å². The van der Waals surface area contributed by atoms with Crippen LogP contribution in [0.4, 0.5) is 5.69 Å². The fraction of sp³-hybridized carbons (Fsp3) is 0.211. The van der Waals surface area contributed by atoms with E-state index in [1.807, 2.05) is 38.1 Å². The Morgan fingerprint density at radius 2 is 2.08 bits per heavy atom. The summed E-state index contributed by atoms with van der Waals surface area (Å²) in [6, 6.07) is 9.33. The Morgan fingerprint density at radius 1 is 1.33 bits per heavy atom. The highest BCUT2D eigenvalue weighted by Gasteiger charge is 2.30. The van der Waals surface area contributed by atoms with Gasteiger partial charge in [-0.3, -0.25) is 4.79 Å². The number of hydrogen-bond acceptors (Lipinski definition) is 4. The Kier molecular flexibility index (Phi) is 4.61. The Balaban J connectivity index is 2.27. The summed E-state index contributed by atoms with van der Waals surface area (Å²) in [6.45, 7) is 6.25. The quantitative estimate of drug-likeness (QED) is 0.746. The first kappa shape index (κ1) is 16.9. The van der Waals surface area contributed by atoms with Crippen LogP contribution in [-0.4, -0.2) is 17.4 Å². The first-order valence-corrected chi connectivity index (χ1v) is 8.92. The van der Waals surface area contributed by atoms with Gasteiger partial charge in [0.1, 0.15) is 5.75 Å². The van der Waals surface area contributed by atoms with E-state index < -0.39 is 0 Å². The number of anilines is 1. The number of carbonyl (C=O) groups is 1. The molecule has 0 spiro atoms. The van der Waals surface area contributed by atoms with Crippen molar-refractivity contribution in [2.45, 2.75) is 25.7 Å². The highest BCUT2D eigenvalue weighted by molar-refractivity contribution is 8.03. The molecule has 0 aromatic heterocycles. The number of aryl methyl sites for hydroxylation is 1. The predicted octanol–water partition coefficient (Wildman–Crippen LogP) is 5.38. The van der Waals surface area contributed by atoms with Gasteiger partial charge in [-0.25, -0.2) is 0 Å². The molecule has 5 heteroatoms. The lowest BCUT2D eigenvalue weighted by molar-refractivity contribution is -0.112. The third-order valence-electron chi connectivity index (χ3n) is 3.90. The maximum absolute atomic E-state index is 11.5. The molecule has 24 heavy (non-hydrogen) atoms. The smallest absolute Gasteiger partial charge is 0.155 e. The third-order valence-corrected chi connectivity index (χ3v) is 5.33. The van der Waals surface area contributed by atoms with E-state index in [0.29, 0.717) is 17.1 Å². The molecule has 1 heterocycles. The average molecular weight is 360 g/mol. The fourth-order valence-corrected chi connectivity index (χ4v) is 4.32. The lowest BCUT2D eigenvalue weighted by atomic mass is 9.99. The number of carbonyl (C=O) groups excluding carboxylic acids is 1. The van der Waals surface area contributed by atoms with Gasteiger partial charge in [-0.05, 0) is 45.0 Å². The summed E-state index contributed by atoms with van der Waals surface area (Å²) in [6.07, 6.45) is 1.63. The van der Waals surface area contributed by atoms with Gasteiger partial charge in [-0.1, -0.05) is 35.0 Å². The van der Waals surface area contributed by atoms with Gasteiger partial charge in [0.15, 0.2) is 5.78 Å². The van der Waals surface area contributed by atoms with E-state index in [1.165, 1.54) is 11.8 Å². The molecule has 0 amide bonds. The number of hydrogen-bond donors (Lipinski definition) is 1. The lowest BCUT2D eigenvalue weighted by Gasteiger charge is -2.22. The summed E-state index contributed by atoms with van der Waals surface area (Å²) in [7, 11) is 0. The van der Waals surface area contributed by atoms with Gasteiger partial charge in [-0.15, -0.1) is 0 Å². The number of benzene rings is 2. The maximum Gasteiger partial charge on any atom is 0.155 e. The number of phenolic OH excluding ortho intramolecular Hbond substituents is 1. The number of thioether (sulfide) groups is 1. The zero-order valence-corrected chi connectivity index (χ0v) is 15.3. The SMILES string of the molecule is CCN1C(=CC(C)=O)Sc2ccc(O)c(-c3cc(C)ccc3Cl)c21. The summed E-state index contributed by atoms with van der Waals surface area (Å²) in [4.78, 5) is 14.6. The van der Waals surface area contributed by atoms with Gasteiger partial charge in [0.2, 0.25) is 0 Å². The van der Waals surface area contributed by atoms with E-state index in [2.05, 4.69) is 4.90 Å². The highest BCUT2D eigenvalue weighted by Crippen LogP contribution is 2.54. The zero-order valence-electron chi connectivity index (χ0n) is 13.8. The van der Waals surface area contributed by atoms with Crippen LogP contribution >= 0.6 is 23.4 Å². The molecule has 1 aliphatic heterocycles. The number of halogens is 1. The highest BCUT2D eigenvalue weighted by atomic mass is 35.5. The average Bonchev–Trinajstić information content (AvgIpc) is 2.86. The van der Waals surface area contributed by atoms with Crippen molar-refractivity contribution < 1.29 is 9.90 Å². The van der Waals surface area contributed by atoms with Crippen LogP contribution in [0.2, 0.25) is 5.02 Å². The fourth-order valence-electron chi connectivity index (χ4n) is 2.88. The number of aromatic hydroxyl groups is 1. The van der Waals surface area contributed by atoms with E-state index in [9.17, 15) is 9.90 Å². The number of phenols is 1. The Labute approximate surface area is 150 Å². The molecule has 3 nitrogen and oxygen atoms in total. The number of fused-ring (bicyclic) bond motifs is 1. The first-order chi connectivity index (χ1) is 11.4. The first-order valence-electron chi connectivity index (χ1n) is 7.72.